The molecule has 6 nitrogen and oxygen atoms in total. The molecule has 0 aromatic heterocycles. The molecule has 0 bridgehead atoms. The molecule has 116 valence electrons. The average molecular weight is 323 g/mol. The number of benzene rings is 1. The molecular weight excluding hydrogens is 308 g/mol. The summed E-state index contributed by atoms with van der Waals surface area (Å²) < 4.78 is 5.39. The van der Waals surface area contributed by atoms with E-state index in [1.54, 1.807) is 29.2 Å². The van der Waals surface area contributed by atoms with Gasteiger partial charge < -0.3 is 9.64 Å². The van der Waals surface area contributed by atoms with Gasteiger partial charge in [0.2, 0.25) is 11.8 Å². The second kappa shape index (κ2) is 5.96. The van der Waals surface area contributed by atoms with Crippen LogP contribution in [-0.4, -0.2) is 53.3 Å². The Morgan fingerprint density at radius 1 is 1.14 bits per heavy atom. The maximum absolute atomic E-state index is 12.0. The Balaban J connectivity index is 1.46. The first-order chi connectivity index (χ1) is 10.5. The number of ether oxygens (including phenoxy) is 1. The highest BCUT2D eigenvalue weighted by atomic mass is 35.5. The summed E-state index contributed by atoms with van der Waals surface area (Å²) >= 11 is 5.77. The molecule has 22 heavy (non-hydrogen) atoms. The van der Waals surface area contributed by atoms with E-state index in [0.29, 0.717) is 23.9 Å². The molecule has 0 saturated carbocycles. The highest BCUT2D eigenvalue weighted by Crippen LogP contribution is 2.22. The Kier molecular flexibility index (Phi) is 4.02. The number of carbonyl (C=O) groups excluding carboxylic acids is 3. The van der Waals surface area contributed by atoms with Crippen LogP contribution in [0.4, 0.5) is 0 Å². The third-order valence-electron chi connectivity index (χ3n) is 3.85. The lowest BCUT2D eigenvalue weighted by atomic mass is 10.1. The van der Waals surface area contributed by atoms with Crippen molar-refractivity contribution in [3.8, 4) is 5.75 Å². The van der Waals surface area contributed by atoms with Crippen molar-refractivity contribution in [1.82, 2.24) is 9.80 Å². The normalized spacial score (nSPS) is 18.6. The number of halogens is 1. The molecule has 1 aromatic carbocycles. The van der Waals surface area contributed by atoms with Crippen LogP contribution in [0.5, 0.6) is 5.75 Å². The molecule has 2 heterocycles. The van der Waals surface area contributed by atoms with Gasteiger partial charge in [0.15, 0.2) is 6.61 Å². The largest absolute Gasteiger partial charge is 0.484 e. The molecule has 0 aliphatic carbocycles. The second-order valence-electron chi connectivity index (χ2n) is 5.35. The van der Waals surface area contributed by atoms with E-state index in [1.165, 1.54) is 4.90 Å². The molecule has 2 aliphatic heterocycles. The molecule has 3 rings (SSSR count). The van der Waals surface area contributed by atoms with E-state index < -0.39 is 0 Å². The summed E-state index contributed by atoms with van der Waals surface area (Å²) in [6.07, 6.45) is 0.561. The van der Waals surface area contributed by atoms with Crippen molar-refractivity contribution < 1.29 is 19.1 Å². The van der Waals surface area contributed by atoms with Gasteiger partial charge in [0.05, 0.1) is 6.04 Å². The molecule has 2 fully saturated rings. The van der Waals surface area contributed by atoms with E-state index in [9.17, 15) is 14.4 Å². The van der Waals surface area contributed by atoms with E-state index in [-0.39, 0.29) is 43.2 Å². The smallest absolute Gasteiger partial charge is 0.260 e. The van der Waals surface area contributed by atoms with Gasteiger partial charge in [0.25, 0.3) is 5.91 Å². The van der Waals surface area contributed by atoms with Gasteiger partial charge in [-0.15, -0.1) is 0 Å². The Morgan fingerprint density at radius 2 is 1.73 bits per heavy atom. The third kappa shape index (κ3) is 2.92. The van der Waals surface area contributed by atoms with E-state index in [4.69, 9.17) is 16.3 Å². The van der Waals surface area contributed by atoms with Gasteiger partial charge in [-0.25, -0.2) is 0 Å². The van der Waals surface area contributed by atoms with Crippen LogP contribution >= 0.6 is 11.6 Å². The average Bonchev–Trinajstić information content (AvgIpc) is 2.77. The predicted octanol–water partition coefficient (Wildman–Crippen LogP) is 1.08. The van der Waals surface area contributed by atoms with Crippen LogP contribution in [0.1, 0.15) is 12.8 Å². The summed E-state index contributed by atoms with van der Waals surface area (Å²) in [5, 5.41) is 0.601. The van der Waals surface area contributed by atoms with E-state index in [0.717, 1.165) is 0 Å². The fourth-order valence-electron chi connectivity index (χ4n) is 2.59. The summed E-state index contributed by atoms with van der Waals surface area (Å²) in [6, 6.07) is 6.57. The van der Waals surface area contributed by atoms with Gasteiger partial charge in [-0.2, -0.15) is 0 Å². The molecule has 0 spiro atoms. The van der Waals surface area contributed by atoms with Gasteiger partial charge >= 0.3 is 0 Å². The molecule has 0 unspecified atom stereocenters. The number of hydrogen-bond donors (Lipinski definition) is 0. The summed E-state index contributed by atoms with van der Waals surface area (Å²) in [5.41, 5.74) is 0. The fraction of sp³-hybridized carbons (Fsp3) is 0.400. The first-order valence-electron chi connectivity index (χ1n) is 7.05. The maximum atomic E-state index is 12.0. The van der Waals surface area contributed by atoms with Crippen molar-refractivity contribution in [2.24, 2.45) is 0 Å². The molecular formula is C15H15ClN2O4. The minimum Gasteiger partial charge on any atom is -0.484 e. The molecule has 0 atom stereocenters. The maximum Gasteiger partial charge on any atom is 0.260 e. The summed E-state index contributed by atoms with van der Waals surface area (Å²) in [5.74, 6) is 0.129. The quantitative estimate of drug-likeness (QED) is 0.778. The minimum absolute atomic E-state index is 0.0732. The van der Waals surface area contributed by atoms with Crippen molar-refractivity contribution in [1.29, 1.82) is 0 Å². The molecule has 0 N–H and O–H groups in total. The fourth-order valence-corrected chi connectivity index (χ4v) is 2.72. The number of rotatable bonds is 4. The zero-order valence-electron chi connectivity index (χ0n) is 11.8. The minimum atomic E-state index is -0.179. The second-order valence-corrected chi connectivity index (χ2v) is 5.79. The number of amides is 3. The first kappa shape index (κ1) is 14.8. The van der Waals surface area contributed by atoms with Crippen LogP contribution < -0.4 is 4.74 Å². The topological polar surface area (TPSA) is 66.9 Å². The Hall–Kier alpha value is -2.08. The number of carbonyl (C=O) groups is 3. The standard InChI is InChI=1S/C15H15ClN2O4/c16-10-1-3-12(4-2-10)22-9-15(21)17-7-11(8-17)18-13(19)5-6-14(18)20/h1-4,11H,5-9H2. The Bertz CT molecular complexity index is 594. The molecule has 2 aliphatic rings. The number of likely N-dealkylation sites (tertiary alicyclic amines) is 2. The Morgan fingerprint density at radius 3 is 2.32 bits per heavy atom. The highest BCUT2D eigenvalue weighted by Gasteiger charge is 2.42. The van der Waals surface area contributed by atoms with E-state index >= 15 is 0 Å². The van der Waals surface area contributed by atoms with Crippen LogP contribution in [0.3, 0.4) is 0 Å². The molecule has 7 heteroatoms. The number of hydrogen-bond acceptors (Lipinski definition) is 4. The number of nitrogens with zero attached hydrogens (tertiary/aromatic N) is 2. The zero-order valence-corrected chi connectivity index (χ0v) is 12.6. The summed E-state index contributed by atoms with van der Waals surface area (Å²) in [7, 11) is 0. The lowest BCUT2D eigenvalue weighted by Gasteiger charge is -2.42. The van der Waals surface area contributed by atoms with Crippen LogP contribution in [0.25, 0.3) is 0 Å². The molecule has 2 saturated heterocycles. The zero-order chi connectivity index (χ0) is 15.7. The van der Waals surface area contributed by atoms with Crippen LogP contribution in [0.15, 0.2) is 24.3 Å². The molecule has 0 radical (unpaired) electrons. The van der Waals surface area contributed by atoms with Gasteiger partial charge in [-0.3, -0.25) is 19.3 Å². The van der Waals surface area contributed by atoms with Crippen LogP contribution in [-0.2, 0) is 14.4 Å². The van der Waals surface area contributed by atoms with Gasteiger partial charge in [-0.1, -0.05) is 11.6 Å². The molecule has 1 aromatic rings. The van der Waals surface area contributed by atoms with Gasteiger partial charge in [0, 0.05) is 31.0 Å². The highest BCUT2D eigenvalue weighted by molar-refractivity contribution is 6.30. The summed E-state index contributed by atoms with van der Waals surface area (Å²) in [4.78, 5) is 38.1. The lowest BCUT2D eigenvalue weighted by Crippen LogP contribution is -2.62. The van der Waals surface area contributed by atoms with Gasteiger partial charge in [0.1, 0.15) is 5.75 Å². The lowest BCUT2D eigenvalue weighted by molar-refractivity contribution is -0.152. The van der Waals surface area contributed by atoms with E-state index in [2.05, 4.69) is 0 Å². The summed E-state index contributed by atoms with van der Waals surface area (Å²) in [6.45, 7) is 0.705. The monoisotopic (exact) mass is 322 g/mol. The van der Waals surface area contributed by atoms with Crippen molar-refractivity contribution in [2.75, 3.05) is 19.7 Å². The van der Waals surface area contributed by atoms with Crippen molar-refractivity contribution >= 4 is 29.3 Å². The van der Waals surface area contributed by atoms with Crippen molar-refractivity contribution in [2.45, 2.75) is 18.9 Å². The van der Waals surface area contributed by atoms with Crippen LogP contribution in [0.2, 0.25) is 5.02 Å². The SMILES string of the molecule is O=C(COc1ccc(Cl)cc1)N1CC(N2C(=O)CCC2=O)C1. The van der Waals surface area contributed by atoms with Gasteiger partial charge in [-0.05, 0) is 24.3 Å². The number of imide groups is 1. The Labute approximate surface area is 132 Å². The first-order valence-corrected chi connectivity index (χ1v) is 7.43. The third-order valence-corrected chi connectivity index (χ3v) is 4.10. The molecule has 3 amide bonds. The predicted molar refractivity (Wildman–Crippen MR) is 78.4 cm³/mol. The van der Waals surface area contributed by atoms with Crippen molar-refractivity contribution in [3.05, 3.63) is 29.3 Å². The van der Waals surface area contributed by atoms with Crippen molar-refractivity contribution in [3.63, 3.8) is 0 Å². The van der Waals surface area contributed by atoms with Crippen LogP contribution in [0, 0.1) is 0 Å². The van der Waals surface area contributed by atoms with E-state index in [1.807, 2.05) is 0 Å².